The minimum Gasteiger partial charge on any atom is -0.380 e. The average Bonchev–Trinajstić information content (AvgIpc) is 2.39. The lowest BCUT2D eigenvalue weighted by Crippen LogP contribution is -2.23. The SMILES string of the molecule is CCC(C)CC(CC)Nc1cc(C(N)=O)c(F)cc1F. The Hall–Kier alpha value is -1.65. The maximum atomic E-state index is 13.8. The van der Waals surface area contributed by atoms with Crippen LogP contribution in [0, 0.1) is 17.6 Å². The fourth-order valence-corrected chi connectivity index (χ4v) is 2.05. The van der Waals surface area contributed by atoms with Gasteiger partial charge in [-0.05, 0) is 24.8 Å². The van der Waals surface area contributed by atoms with Crippen LogP contribution in [0.1, 0.15) is 50.4 Å². The molecule has 2 unspecified atom stereocenters. The molecule has 0 aliphatic carbocycles. The number of carbonyl (C=O) groups is 1. The second kappa shape index (κ2) is 7.22. The highest BCUT2D eigenvalue weighted by atomic mass is 19.1. The van der Waals surface area contributed by atoms with Gasteiger partial charge in [-0.15, -0.1) is 0 Å². The standard InChI is InChI=1S/C15H22F2N2O/c1-4-9(3)6-10(5-2)19-14-7-11(15(18)20)12(16)8-13(14)17/h7-10,19H,4-6H2,1-3H3,(H2,18,20). The van der Waals surface area contributed by atoms with E-state index in [1.807, 2.05) is 6.92 Å². The highest BCUT2D eigenvalue weighted by Crippen LogP contribution is 2.23. The van der Waals surface area contributed by atoms with Crippen LogP contribution in [0.4, 0.5) is 14.5 Å². The number of rotatable bonds is 7. The van der Waals surface area contributed by atoms with Crippen LogP contribution in [-0.4, -0.2) is 11.9 Å². The van der Waals surface area contributed by atoms with Gasteiger partial charge in [-0.2, -0.15) is 0 Å². The Balaban J connectivity index is 2.95. The molecule has 3 N–H and O–H groups in total. The van der Waals surface area contributed by atoms with Crippen molar-refractivity contribution in [3.8, 4) is 0 Å². The molecule has 0 saturated carbocycles. The predicted octanol–water partition coefficient (Wildman–Crippen LogP) is 3.69. The Kier molecular flexibility index (Phi) is 5.92. The number of primary amides is 1. The van der Waals surface area contributed by atoms with Crippen molar-refractivity contribution in [1.29, 1.82) is 0 Å². The predicted molar refractivity (Wildman–Crippen MR) is 76.6 cm³/mol. The van der Waals surface area contributed by atoms with Gasteiger partial charge in [0.25, 0.3) is 5.91 Å². The molecule has 1 aromatic rings. The Morgan fingerprint density at radius 1 is 1.25 bits per heavy atom. The summed E-state index contributed by atoms with van der Waals surface area (Å²) in [5.41, 5.74) is 4.89. The maximum absolute atomic E-state index is 13.8. The summed E-state index contributed by atoms with van der Waals surface area (Å²) in [7, 11) is 0. The van der Waals surface area contributed by atoms with Gasteiger partial charge in [-0.1, -0.05) is 27.2 Å². The third kappa shape index (κ3) is 4.18. The molecule has 0 spiro atoms. The van der Waals surface area contributed by atoms with Crippen molar-refractivity contribution in [2.45, 2.75) is 46.1 Å². The first-order chi connectivity index (χ1) is 9.38. The van der Waals surface area contributed by atoms with Gasteiger partial charge in [-0.25, -0.2) is 8.78 Å². The maximum Gasteiger partial charge on any atom is 0.251 e. The molecule has 0 aromatic heterocycles. The zero-order valence-electron chi connectivity index (χ0n) is 12.2. The van der Waals surface area contributed by atoms with Crippen molar-refractivity contribution < 1.29 is 13.6 Å². The number of nitrogens with one attached hydrogen (secondary N) is 1. The first-order valence-corrected chi connectivity index (χ1v) is 6.94. The normalized spacial score (nSPS) is 13.8. The van der Waals surface area contributed by atoms with Crippen LogP contribution >= 0.6 is 0 Å². The van der Waals surface area contributed by atoms with Gasteiger partial charge < -0.3 is 11.1 Å². The number of carbonyl (C=O) groups excluding carboxylic acids is 1. The summed E-state index contributed by atoms with van der Waals surface area (Å²) < 4.78 is 27.2. The molecule has 0 bridgehead atoms. The van der Waals surface area contributed by atoms with Crippen molar-refractivity contribution in [3.63, 3.8) is 0 Å². The molecular weight excluding hydrogens is 262 g/mol. The van der Waals surface area contributed by atoms with E-state index < -0.39 is 17.5 Å². The first-order valence-electron chi connectivity index (χ1n) is 6.94. The van der Waals surface area contributed by atoms with Crippen LogP contribution in [0.3, 0.4) is 0 Å². The molecule has 0 radical (unpaired) electrons. The Morgan fingerprint density at radius 2 is 1.90 bits per heavy atom. The largest absolute Gasteiger partial charge is 0.380 e. The molecule has 0 aliphatic rings. The smallest absolute Gasteiger partial charge is 0.251 e. The van der Waals surface area contributed by atoms with Crippen LogP contribution < -0.4 is 11.1 Å². The number of benzene rings is 1. The topological polar surface area (TPSA) is 55.1 Å². The average molecular weight is 284 g/mol. The summed E-state index contributed by atoms with van der Waals surface area (Å²) in [4.78, 5) is 11.1. The van der Waals surface area contributed by atoms with Gasteiger partial charge in [-0.3, -0.25) is 4.79 Å². The lowest BCUT2D eigenvalue weighted by molar-refractivity contribution is 0.0996. The summed E-state index contributed by atoms with van der Waals surface area (Å²) in [6.07, 6.45) is 2.74. The number of amides is 1. The number of hydrogen-bond acceptors (Lipinski definition) is 2. The Morgan fingerprint density at radius 3 is 2.40 bits per heavy atom. The highest BCUT2D eigenvalue weighted by Gasteiger charge is 2.17. The molecule has 0 fully saturated rings. The monoisotopic (exact) mass is 284 g/mol. The van der Waals surface area contributed by atoms with Crippen molar-refractivity contribution in [2.24, 2.45) is 11.7 Å². The van der Waals surface area contributed by atoms with E-state index >= 15 is 0 Å². The molecule has 1 aromatic carbocycles. The second-order valence-corrected chi connectivity index (χ2v) is 5.17. The molecule has 2 atom stereocenters. The molecule has 1 amide bonds. The molecule has 0 aliphatic heterocycles. The minimum absolute atomic E-state index is 0.0747. The van der Waals surface area contributed by atoms with Gasteiger partial charge in [0.15, 0.2) is 0 Å². The highest BCUT2D eigenvalue weighted by molar-refractivity contribution is 5.94. The van der Waals surface area contributed by atoms with Gasteiger partial charge in [0, 0.05) is 12.1 Å². The molecule has 0 heterocycles. The van der Waals surface area contributed by atoms with E-state index in [-0.39, 0.29) is 17.3 Å². The lowest BCUT2D eigenvalue weighted by atomic mass is 9.97. The fourth-order valence-electron chi connectivity index (χ4n) is 2.05. The minimum atomic E-state index is -0.935. The summed E-state index contributed by atoms with van der Waals surface area (Å²) in [6.45, 7) is 6.22. The van der Waals surface area contributed by atoms with Crippen molar-refractivity contribution in [2.75, 3.05) is 5.32 Å². The van der Waals surface area contributed by atoms with E-state index in [0.29, 0.717) is 12.0 Å². The van der Waals surface area contributed by atoms with Crippen LogP contribution in [0.25, 0.3) is 0 Å². The van der Waals surface area contributed by atoms with Crippen molar-refractivity contribution in [1.82, 2.24) is 0 Å². The van der Waals surface area contributed by atoms with E-state index in [0.717, 1.165) is 25.3 Å². The molecular formula is C15H22F2N2O. The van der Waals surface area contributed by atoms with Gasteiger partial charge in [0.2, 0.25) is 0 Å². The summed E-state index contributed by atoms with van der Waals surface area (Å²) in [5.74, 6) is -2.04. The molecule has 3 nitrogen and oxygen atoms in total. The van der Waals surface area contributed by atoms with E-state index in [9.17, 15) is 13.6 Å². The van der Waals surface area contributed by atoms with E-state index in [2.05, 4.69) is 19.2 Å². The lowest BCUT2D eigenvalue weighted by Gasteiger charge is -2.22. The van der Waals surface area contributed by atoms with Gasteiger partial charge in [0.05, 0.1) is 11.3 Å². The van der Waals surface area contributed by atoms with E-state index in [1.165, 1.54) is 0 Å². The van der Waals surface area contributed by atoms with Crippen LogP contribution in [0.2, 0.25) is 0 Å². The summed E-state index contributed by atoms with van der Waals surface area (Å²) in [5, 5.41) is 3.04. The zero-order valence-corrected chi connectivity index (χ0v) is 12.2. The van der Waals surface area contributed by atoms with Crippen molar-refractivity contribution in [3.05, 3.63) is 29.3 Å². The number of hydrogen-bond donors (Lipinski definition) is 2. The van der Waals surface area contributed by atoms with E-state index in [1.54, 1.807) is 0 Å². The quantitative estimate of drug-likeness (QED) is 0.802. The third-order valence-electron chi connectivity index (χ3n) is 3.56. The first kappa shape index (κ1) is 16.4. The Bertz CT molecular complexity index is 477. The van der Waals surface area contributed by atoms with Gasteiger partial charge >= 0.3 is 0 Å². The Labute approximate surface area is 118 Å². The van der Waals surface area contributed by atoms with Gasteiger partial charge in [0.1, 0.15) is 11.6 Å². The summed E-state index contributed by atoms with van der Waals surface area (Å²) >= 11 is 0. The third-order valence-corrected chi connectivity index (χ3v) is 3.56. The molecule has 1 rings (SSSR count). The molecule has 112 valence electrons. The van der Waals surface area contributed by atoms with Crippen LogP contribution in [0.5, 0.6) is 0 Å². The van der Waals surface area contributed by atoms with Crippen LogP contribution in [0.15, 0.2) is 12.1 Å². The van der Waals surface area contributed by atoms with E-state index in [4.69, 9.17) is 5.73 Å². The fraction of sp³-hybridized carbons (Fsp3) is 0.533. The zero-order chi connectivity index (χ0) is 15.3. The number of halogens is 2. The van der Waals surface area contributed by atoms with Crippen molar-refractivity contribution >= 4 is 11.6 Å². The molecule has 20 heavy (non-hydrogen) atoms. The van der Waals surface area contributed by atoms with Crippen LogP contribution in [-0.2, 0) is 0 Å². The molecule has 0 saturated heterocycles. The summed E-state index contributed by atoms with van der Waals surface area (Å²) in [6, 6.07) is 1.91. The number of anilines is 1. The second-order valence-electron chi connectivity index (χ2n) is 5.17. The molecule has 5 heteroatoms. The number of nitrogens with two attached hydrogens (primary N) is 1.